The van der Waals surface area contributed by atoms with Crippen LogP contribution in [0.5, 0.6) is 0 Å². The summed E-state index contributed by atoms with van der Waals surface area (Å²) in [6, 6.07) is 14.4. The van der Waals surface area contributed by atoms with Crippen molar-refractivity contribution in [1.29, 1.82) is 0 Å². The summed E-state index contributed by atoms with van der Waals surface area (Å²) < 4.78 is 42.2. The average Bonchev–Trinajstić information content (AvgIpc) is 3.40. The number of carbonyl (C=O) groups excluding carboxylic acids is 1. The van der Waals surface area contributed by atoms with E-state index in [0.29, 0.717) is 16.7 Å². The standard InChI is InChI=1S/C24H19F3N2O/c25-24(26,27)22-15-28-23(20-11-9-19(10-12-20)17-5-1-2-6-17)29(22)16-21-8-4-3-7-18(21)13-14-30/h1-5,7-12,14-15H,6,13,16H2. The molecular formula is C24H19F3N2O. The molecule has 30 heavy (non-hydrogen) atoms. The molecule has 0 fully saturated rings. The van der Waals surface area contributed by atoms with Gasteiger partial charge in [0.05, 0.1) is 6.20 Å². The van der Waals surface area contributed by atoms with Gasteiger partial charge in [-0.2, -0.15) is 13.2 Å². The van der Waals surface area contributed by atoms with E-state index in [0.717, 1.165) is 24.5 Å². The van der Waals surface area contributed by atoms with E-state index in [2.05, 4.69) is 11.1 Å². The molecule has 0 unspecified atom stereocenters. The van der Waals surface area contributed by atoms with Crippen LogP contribution in [0.1, 0.15) is 28.8 Å². The summed E-state index contributed by atoms with van der Waals surface area (Å²) in [5.41, 5.74) is 3.36. The van der Waals surface area contributed by atoms with Gasteiger partial charge in [-0.1, -0.05) is 66.8 Å². The molecular weight excluding hydrogens is 389 g/mol. The first kappa shape index (κ1) is 19.9. The monoisotopic (exact) mass is 408 g/mol. The molecule has 0 amide bonds. The van der Waals surface area contributed by atoms with Gasteiger partial charge in [0, 0.05) is 18.5 Å². The van der Waals surface area contributed by atoms with Crippen molar-refractivity contribution in [2.24, 2.45) is 0 Å². The van der Waals surface area contributed by atoms with Gasteiger partial charge >= 0.3 is 6.18 Å². The minimum atomic E-state index is -4.54. The van der Waals surface area contributed by atoms with E-state index >= 15 is 0 Å². The molecule has 0 spiro atoms. The van der Waals surface area contributed by atoms with Crippen LogP contribution in [0.15, 0.2) is 73.0 Å². The third kappa shape index (κ3) is 3.99. The molecule has 0 radical (unpaired) electrons. The zero-order valence-corrected chi connectivity index (χ0v) is 16.1. The SMILES string of the molecule is O=CCc1ccccc1Cn1c(C(F)(F)F)cnc1-c1ccc(C2=CC=CC2)cc1. The number of halogens is 3. The maximum Gasteiger partial charge on any atom is 0.433 e. The molecule has 0 saturated heterocycles. The fourth-order valence-corrected chi connectivity index (χ4v) is 3.66. The number of aldehydes is 1. The topological polar surface area (TPSA) is 34.9 Å². The van der Waals surface area contributed by atoms with Crippen LogP contribution in [0.2, 0.25) is 0 Å². The van der Waals surface area contributed by atoms with Crippen LogP contribution in [-0.4, -0.2) is 15.8 Å². The quantitative estimate of drug-likeness (QED) is 0.490. The summed E-state index contributed by atoms with van der Waals surface area (Å²) in [5.74, 6) is 0.244. The smallest absolute Gasteiger partial charge is 0.316 e. The highest BCUT2D eigenvalue weighted by Crippen LogP contribution is 2.34. The average molecular weight is 408 g/mol. The van der Waals surface area contributed by atoms with Gasteiger partial charge in [-0.15, -0.1) is 0 Å². The lowest BCUT2D eigenvalue weighted by atomic mass is 10.0. The number of carbonyl (C=O) groups is 1. The van der Waals surface area contributed by atoms with Crippen LogP contribution in [-0.2, 0) is 23.9 Å². The molecule has 0 bridgehead atoms. The number of aromatic nitrogens is 2. The zero-order valence-electron chi connectivity index (χ0n) is 16.1. The molecule has 0 saturated carbocycles. The number of rotatable bonds is 6. The number of nitrogens with zero attached hydrogens (tertiary/aromatic N) is 2. The molecule has 4 rings (SSSR count). The van der Waals surface area contributed by atoms with Crippen molar-refractivity contribution in [3.8, 4) is 11.4 Å². The third-order valence-electron chi connectivity index (χ3n) is 5.18. The van der Waals surface area contributed by atoms with Crippen LogP contribution >= 0.6 is 0 Å². The molecule has 6 heteroatoms. The number of benzene rings is 2. The van der Waals surface area contributed by atoms with E-state index in [1.807, 2.05) is 24.3 Å². The van der Waals surface area contributed by atoms with Crippen molar-refractivity contribution < 1.29 is 18.0 Å². The number of alkyl halides is 3. The Morgan fingerprint density at radius 1 is 1.00 bits per heavy atom. The lowest BCUT2D eigenvalue weighted by Gasteiger charge is -2.16. The van der Waals surface area contributed by atoms with Gasteiger partial charge in [-0.05, 0) is 28.7 Å². The Bertz CT molecular complexity index is 1120. The normalized spacial score (nSPS) is 13.5. The van der Waals surface area contributed by atoms with Crippen molar-refractivity contribution in [3.05, 3.63) is 95.3 Å². The second-order valence-electron chi connectivity index (χ2n) is 7.09. The minimum Gasteiger partial charge on any atom is -0.316 e. The Kier molecular flexibility index (Phi) is 5.40. The predicted octanol–water partition coefficient (Wildman–Crippen LogP) is 5.70. The van der Waals surface area contributed by atoms with Crippen LogP contribution in [0.3, 0.4) is 0 Å². The van der Waals surface area contributed by atoms with Crippen molar-refractivity contribution in [3.63, 3.8) is 0 Å². The van der Waals surface area contributed by atoms with Crippen LogP contribution in [0.25, 0.3) is 17.0 Å². The summed E-state index contributed by atoms with van der Waals surface area (Å²) in [7, 11) is 0. The highest BCUT2D eigenvalue weighted by molar-refractivity contribution is 5.72. The van der Waals surface area contributed by atoms with E-state index in [-0.39, 0.29) is 18.8 Å². The number of allylic oxidation sites excluding steroid dienone is 4. The molecule has 1 aromatic heterocycles. The molecule has 3 aromatic rings. The fourth-order valence-electron chi connectivity index (χ4n) is 3.66. The van der Waals surface area contributed by atoms with Gasteiger partial charge in [-0.25, -0.2) is 4.98 Å². The van der Waals surface area contributed by atoms with E-state index in [1.165, 1.54) is 10.1 Å². The number of imidazole rings is 1. The first-order valence-electron chi connectivity index (χ1n) is 9.57. The zero-order chi connectivity index (χ0) is 21.1. The highest BCUT2D eigenvalue weighted by atomic mass is 19.4. The van der Waals surface area contributed by atoms with Crippen LogP contribution in [0, 0.1) is 0 Å². The first-order valence-corrected chi connectivity index (χ1v) is 9.57. The second kappa shape index (κ2) is 8.14. The molecule has 0 aliphatic heterocycles. The van der Waals surface area contributed by atoms with Gasteiger partial charge in [0.15, 0.2) is 0 Å². The van der Waals surface area contributed by atoms with Gasteiger partial charge < -0.3 is 9.36 Å². The molecule has 3 nitrogen and oxygen atoms in total. The van der Waals surface area contributed by atoms with Crippen LogP contribution < -0.4 is 0 Å². The van der Waals surface area contributed by atoms with Crippen molar-refractivity contribution >= 4 is 11.9 Å². The molecule has 0 N–H and O–H groups in total. The van der Waals surface area contributed by atoms with Gasteiger partial charge in [0.1, 0.15) is 17.8 Å². The predicted molar refractivity (Wildman–Crippen MR) is 110 cm³/mol. The van der Waals surface area contributed by atoms with Crippen LogP contribution in [0.4, 0.5) is 13.2 Å². The first-order chi connectivity index (χ1) is 14.5. The lowest BCUT2D eigenvalue weighted by molar-refractivity contribution is -0.143. The maximum atomic E-state index is 13.7. The molecule has 152 valence electrons. The Labute approximate surface area is 172 Å². The Hall–Kier alpha value is -3.41. The van der Waals surface area contributed by atoms with Crippen molar-refractivity contribution in [2.45, 2.75) is 25.6 Å². The molecule has 1 aliphatic carbocycles. The van der Waals surface area contributed by atoms with E-state index in [9.17, 15) is 18.0 Å². The number of hydrogen-bond donors (Lipinski definition) is 0. The lowest BCUT2D eigenvalue weighted by Crippen LogP contribution is -2.16. The second-order valence-corrected chi connectivity index (χ2v) is 7.09. The summed E-state index contributed by atoms with van der Waals surface area (Å²) in [4.78, 5) is 15.1. The van der Waals surface area contributed by atoms with Crippen molar-refractivity contribution in [2.75, 3.05) is 0 Å². The Balaban J connectivity index is 1.74. The van der Waals surface area contributed by atoms with Gasteiger partial charge in [-0.3, -0.25) is 0 Å². The van der Waals surface area contributed by atoms with E-state index in [4.69, 9.17) is 0 Å². The Morgan fingerprint density at radius 2 is 1.70 bits per heavy atom. The maximum absolute atomic E-state index is 13.7. The highest BCUT2D eigenvalue weighted by Gasteiger charge is 2.36. The summed E-state index contributed by atoms with van der Waals surface area (Å²) in [6.45, 7) is -0.0228. The summed E-state index contributed by atoms with van der Waals surface area (Å²) >= 11 is 0. The third-order valence-corrected chi connectivity index (χ3v) is 5.18. The molecule has 0 atom stereocenters. The molecule has 1 heterocycles. The van der Waals surface area contributed by atoms with Crippen molar-refractivity contribution in [1.82, 2.24) is 9.55 Å². The Morgan fingerprint density at radius 3 is 2.33 bits per heavy atom. The number of hydrogen-bond acceptors (Lipinski definition) is 2. The van der Waals surface area contributed by atoms with Gasteiger partial charge in [0.25, 0.3) is 0 Å². The largest absolute Gasteiger partial charge is 0.433 e. The molecule has 2 aromatic carbocycles. The fraction of sp³-hybridized carbons (Fsp3) is 0.167. The van der Waals surface area contributed by atoms with Gasteiger partial charge in [0.2, 0.25) is 0 Å². The summed E-state index contributed by atoms with van der Waals surface area (Å²) in [6.07, 6.45) is 4.16. The summed E-state index contributed by atoms with van der Waals surface area (Å²) in [5, 5.41) is 0. The minimum absolute atomic E-state index is 0.0228. The van der Waals surface area contributed by atoms with E-state index < -0.39 is 11.9 Å². The molecule has 1 aliphatic rings. The van der Waals surface area contributed by atoms with E-state index in [1.54, 1.807) is 36.4 Å².